The Kier molecular flexibility index (Phi) is 7.83. The first kappa shape index (κ1) is 21.2. The van der Waals surface area contributed by atoms with E-state index in [0.29, 0.717) is 16.3 Å². The molecule has 2 aromatic carbocycles. The minimum Gasteiger partial charge on any atom is -0.497 e. The van der Waals surface area contributed by atoms with Crippen molar-refractivity contribution in [1.29, 1.82) is 0 Å². The van der Waals surface area contributed by atoms with E-state index in [9.17, 15) is 14.4 Å². The van der Waals surface area contributed by atoms with Crippen LogP contribution in [0.5, 0.6) is 5.75 Å². The molecule has 1 atom stereocenters. The van der Waals surface area contributed by atoms with Crippen molar-refractivity contribution >= 4 is 29.4 Å². The van der Waals surface area contributed by atoms with Gasteiger partial charge in [0.05, 0.1) is 13.2 Å². The lowest BCUT2D eigenvalue weighted by molar-refractivity contribution is -0.147. The smallest absolute Gasteiger partial charge is 0.325 e. The molecular formula is C20H21ClN2O5. The zero-order valence-corrected chi connectivity index (χ0v) is 16.3. The number of carbonyl (C=O) groups is 3. The van der Waals surface area contributed by atoms with E-state index in [0.717, 1.165) is 5.56 Å². The molecule has 0 unspecified atom stereocenters. The molecule has 0 saturated heterocycles. The molecule has 8 heteroatoms. The molecule has 0 bridgehead atoms. The summed E-state index contributed by atoms with van der Waals surface area (Å²) in [5.74, 6) is -1.10. The number of esters is 1. The molecule has 0 fully saturated rings. The zero-order chi connectivity index (χ0) is 20.5. The summed E-state index contributed by atoms with van der Waals surface area (Å²) in [5.41, 5.74) is 1.18. The molecule has 2 amide bonds. The van der Waals surface area contributed by atoms with Crippen LogP contribution < -0.4 is 15.4 Å². The Labute approximate surface area is 168 Å². The normalized spacial score (nSPS) is 11.2. The van der Waals surface area contributed by atoms with Crippen LogP contribution >= 0.6 is 11.6 Å². The summed E-state index contributed by atoms with van der Waals surface area (Å²) in [6.07, 6.45) is 0. The quantitative estimate of drug-likeness (QED) is 0.659. The van der Waals surface area contributed by atoms with Crippen molar-refractivity contribution < 1.29 is 23.9 Å². The first-order valence-electron chi connectivity index (χ1n) is 8.51. The van der Waals surface area contributed by atoms with Crippen LogP contribution in [0, 0.1) is 0 Å². The van der Waals surface area contributed by atoms with Gasteiger partial charge in [0.1, 0.15) is 12.3 Å². The molecular weight excluding hydrogens is 384 g/mol. The topological polar surface area (TPSA) is 93.7 Å². The third kappa shape index (κ3) is 6.59. The van der Waals surface area contributed by atoms with Crippen LogP contribution in [-0.2, 0) is 14.3 Å². The number of ether oxygens (including phenoxy) is 2. The largest absolute Gasteiger partial charge is 0.497 e. The Hall–Kier alpha value is -3.06. The highest BCUT2D eigenvalue weighted by molar-refractivity contribution is 6.30. The van der Waals surface area contributed by atoms with Crippen molar-refractivity contribution in [1.82, 2.24) is 10.6 Å². The summed E-state index contributed by atoms with van der Waals surface area (Å²) >= 11 is 5.93. The molecule has 0 aliphatic heterocycles. The molecule has 7 nitrogen and oxygen atoms in total. The van der Waals surface area contributed by atoms with Gasteiger partial charge in [0.15, 0.2) is 6.61 Å². The number of hydrogen-bond acceptors (Lipinski definition) is 5. The Balaban J connectivity index is 1.74. The fourth-order valence-corrected chi connectivity index (χ4v) is 2.56. The molecule has 2 N–H and O–H groups in total. The second kappa shape index (κ2) is 10.3. The fourth-order valence-electron chi connectivity index (χ4n) is 2.36. The van der Waals surface area contributed by atoms with E-state index in [2.05, 4.69) is 10.6 Å². The van der Waals surface area contributed by atoms with Crippen LogP contribution in [-0.4, -0.2) is 38.0 Å². The highest BCUT2D eigenvalue weighted by atomic mass is 35.5. The lowest BCUT2D eigenvalue weighted by Gasteiger charge is -2.14. The number of benzene rings is 2. The van der Waals surface area contributed by atoms with Crippen LogP contribution in [0.4, 0.5) is 0 Å². The Morgan fingerprint density at radius 3 is 2.57 bits per heavy atom. The fraction of sp³-hybridized carbons (Fsp3) is 0.250. The lowest BCUT2D eigenvalue weighted by atomic mass is 10.1. The second-order valence-electron chi connectivity index (χ2n) is 5.92. The third-order valence-electron chi connectivity index (χ3n) is 3.82. The summed E-state index contributed by atoms with van der Waals surface area (Å²) in [6.45, 7) is 0.992. The maximum atomic E-state index is 12.0. The maximum absolute atomic E-state index is 12.0. The second-order valence-corrected chi connectivity index (χ2v) is 6.36. The van der Waals surface area contributed by atoms with E-state index >= 15 is 0 Å². The summed E-state index contributed by atoms with van der Waals surface area (Å²) in [6, 6.07) is 13.3. The van der Waals surface area contributed by atoms with E-state index < -0.39 is 24.4 Å². The molecule has 2 rings (SSSR count). The van der Waals surface area contributed by atoms with Crippen molar-refractivity contribution in [3.63, 3.8) is 0 Å². The summed E-state index contributed by atoms with van der Waals surface area (Å²) in [5, 5.41) is 5.70. The van der Waals surface area contributed by atoms with E-state index in [1.807, 2.05) is 6.07 Å². The van der Waals surface area contributed by atoms with E-state index in [1.165, 1.54) is 7.11 Å². The minimum absolute atomic E-state index is 0.294. The SMILES string of the molecule is COc1cccc(C(=O)NCC(=O)OCC(=O)N[C@H](C)c2cccc(Cl)c2)c1. The van der Waals surface area contributed by atoms with Crippen LogP contribution in [0.1, 0.15) is 28.9 Å². The average molecular weight is 405 g/mol. The van der Waals surface area contributed by atoms with Crippen molar-refractivity contribution in [3.05, 3.63) is 64.7 Å². The number of nitrogens with one attached hydrogen (secondary N) is 2. The van der Waals surface area contributed by atoms with Gasteiger partial charge in [-0.15, -0.1) is 0 Å². The van der Waals surface area contributed by atoms with E-state index in [1.54, 1.807) is 49.4 Å². The molecule has 148 valence electrons. The molecule has 0 heterocycles. The number of halogens is 1. The van der Waals surface area contributed by atoms with Crippen molar-refractivity contribution in [3.8, 4) is 5.75 Å². The predicted molar refractivity (Wildman–Crippen MR) is 104 cm³/mol. The van der Waals surface area contributed by atoms with E-state index in [4.69, 9.17) is 21.1 Å². The Morgan fingerprint density at radius 1 is 1.11 bits per heavy atom. The number of rotatable bonds is 8. The van der Waals surface area contributed by atoms with Gasteiger partial charge in [-0.05, 0) is 42.8 Å². The molecule has 0 radical (unpaired) electrons. The number of hydrogen-bond donors (Lipinski definition) is 2. The van der Waals surface area contributed by atoms with Gasteiger partial charge >= 0.3 is 5.97 Å². The van der Waals surface area contributed by atoms with Crippen molar-refractivity contribution in [2.24, 2.45) is 0 Å². The third-order valence-corrected chi connectivity index (χ3v) is 4.05. The van der Waals surface area contributed by atoms with Crippen molar-refractivity contribution in [2.45, 2.75) is 13.0 Å². The molecule has 28 heavy (non-hydrogen) atoms. The van der Waals surface area contributed by atoms with E-state index in [-0.39, 0.29) is 12.6 Å². The van der Waals surface area contributed by atoms with Crippen LogP contribution in [0.25, 0.3) is 0 Å². The summed E-state index contributed by atoms with van der Waals surface area (Å²) in [4.78, 5) is 35.7. The first-order valence-corrected chi connectivity index (χ1v) is 8.89. The zero-order valence-electron chi connectivity index (χ0n) is 15.5. The van der Waals surface area contributed by atoms with Gasteiger partial charge in [0, 0.05) is 10.6 Å². The van der Waals surface area contributed by atoms with Gasteiger partial charge in [0.2, 0.25) is 0 Å². The van der Waals surface area contributed by atoms with Gasteiger partial charge in [-0.2, -0.15) is 0 Å². The number of methoxy groups -OCH3 is 1. The van der Waals surface area contributed by atoms with Crippen LogP contribution in [0.3, 0.4) is 0 Å². The Morgan fingerprint density at radius 2 is 1.86 bits per heavy atom. The number of carbonyl (C=O) groups excluding carboxylic acids is 3. The van der Waals surface area contributed by atoms with Gasteiger partial charge in [-0.3, -0.25) is 14.4 Å². The summed E-state index contributed by atoms with van der Waals surface area (Å²) in [7, 11) is 1.49. The predicted octanol–water partition coefficient (Wildman–Crippen LogP) is 2.50. The molecule has 2 aromatic rings. The average Bonchev–Trinajstić information content (AvgIpc) is 2.70. The molecule has 0 aromatic heterocycles. The molecule has 0 spiro atoms. The Bertz CT molecular complexity index is 856. The van der Waals surface area contributed by atoms with Gasteiger partial charge in [0.25, 0.3) is 11.8 Å². The maximum Gasteiger partial charge on any atom is 0.325 e. The summed E-state index contributed by atoms with van der Waals surface area (Å²) < 4.78 is 9.92. The van der Waals surface area contributed by atoms with Gasteiger partial charge in [-0.1, -0.05) is 29.8 Å². The molecule has 0 aliphatic rings. The highest BCUT2D eigenvalue weighted by Crippen LogP contribution is 2.17. The van der Waals surface area contributed by atoms with Crippen LogP contribution in [0.2, 0.25) is 5.02 Å². The van der Waals surface area contributed by atoms with Gasteiger partial charge < -0.3 is 20.1 Å². The van der Waals surface area contributed by atoms with Crippen molar-refractivity contribution in [2.75, 3.05) is 20.3 Å². The minimum atomic E-state index is -0.721. The standard InChI is InChI=1S/C20H21ClN2O5/c1-13(14-5-3-7-16(21)9-14)23-18(24)12-28-19(25)11-22-20(26)15-6-4-8-17(10-15)27-2/h3-10,13H,11-12H2,1-2H3,(H,22,26)(H,23,24)/t13-/m1/s1. The highest BCUT2D eigenvalue weighted by Gasteiger charge is 2.13. The number of amides is 2. The monoisotopic (exact) mass is 404 g/mol. The van der Waals surface area contributed by atoms with Gasteiger partial charge in [-0.25, -0.2) is 0 Å². The molecule has 0 aliphatic carbocycles. The lowest BCUT2D eigenvalue weighted by Crippen LogP contribution is -2.34. The van der Waals surface area contributed by atoms with Crippen LogP contribution in [0.15, 0.2) is 48.5 Å². The first-order chi connectivity index (χ1) is 13.4. The molecule has 0 saturated carbocycles.